The molecule has 1 saturated carbocycles. The highest BCUT2D eigenvalue weighted by molar-refractivity contribution is 6.15. The lowest BCUT2D eigenvalue weighted by Crippen LogP contribution is -2.39. The van der Waals surface area contributed by atoms with E-state index in [-0.39, 0.29) is 23.1 Å². The Hall–Kier alpha value is -3.08. The number of fused-ring (bicyclic) bond motifs is 3. The van der Waals surface area contributed by atoms with Crippen LogP contribution in [-0.2, 0) is 0 Å². The number of ketones is 1. The summed E-state index contributed by atoms with van der Waals surface area (Å²) in [5, 5.41) is 3.70. The first-order valence-corrected chi connectivity index (χ1v) is 11.0. The van der Waals surface area contributed by atoms with Crippen LogP contribution in [0.2, 0.25) is 0 Å². The predicted molar refractivity (Wildman–Crippen MR) is 120 cm³/mol. The highest BCUT2D eigenvalue weighted by Gasteiger charge is 2.43. The van der Waals surface area contributed by atoms with Crippen molar-refractivity contribution in [1.29, 1.82) is 0 Å². The van der Waals surface area contributed by atoms with Gasteiger partial charge >= 0.3 is 0 Å². The van der Waals surface area contributed by atoms with Gasteiger partial charge in [-0.05, 0) is 76.6 Å². The maximum atomic E-state index is 13.2. The summed E-state index contributed by atoms with van der Waals surface area (Å²) >= 11 is 0. The number of nitrogens with one attached hydrogen (secondary N) is 1. The molecule has 5 rings (SSSR count). The number of amides is 1. The van der Waals surface area contributed by atoms with E-state index in [1.165, 1.54) is 0 Å². The molecule has 5 heteroatoms. The van der Waals surface area contributed by atoms with Crippen molar-refractivity contribution in [1.82, 2.24) is 0 Å². The van der Waals surface area contributed by atoms with Crippen LogP contribution in [0.4, 0.5) is 5.69 Å². The Labute approximate surface area is 181 Å². The van der Waals surface area contributed by atoms with Crippen molar-refractivity contribution in [2.45, 2.75) is 65.4 Å². The van der Waals surface area contributed by atoms with E-state index in [9.17, 15) is 9.59 Å². The highest BCUT2D eigenvalue weighted by Crippen LogP contribution is 2.46. The molecule has 0 saturated heterocycles. The van der Waals surface area contributed by atoms with Gasteiger partial charge in [-0.15, -0.1) is 0 Å². The molecule has 0 unspecified atom stereocenters. The number of benzene rings is 2. The Morgan fingerprint density at radius 1 is 1.03 bits per heavy atom. The fraction of sp³-hybridized carbons (Fsp3) is 0.385. The maximum absolute atomic E-state index is 13.2. The molecule has 0 bridgehead atoms. The zero-order valence-corrected chi connectivity index (χ0v) is 18.5. The van der Waals surface area contributed by atoms with E-state index in [1.54, 1.807) is 0 Å². The summed E-state index contributed by atoms with van der Waals surface area (Å²) < 4.78 is 12.3. The van der Waals surface area contributed by atoms with Crippen LogP contribution >= 0.6 is 0 Å². The SMILES string of the molecule is Cc1cc(C)c(NC(=O)c2oc3ccc4c(c3c2C)C(=O)CC2(CCCC2)O4)c(C)c1. The van der Waals surface area contributed by atoms with Gasteiger partial charge in [0.15, 0.2) is 11.5 Å². The van der Waals surface area contributed by atoms with Gasteiger partial charge in [-0.2, -0.15) is 0 Å². The molecule has 3 aromatic rings. The summed E-state index contributed by atoms with van der Waals surface area (Å²) in [7, 11) is 0. The fourth-order valence-electron chi connectivity index (χ4n) is 5.40. The molecule has 1 N–H and O–H groups in total. The lowest BCUT2D eigenvalue weighted by Gasteiger charge is -2.34. The monoisotopic (exact) mass is 417 g/mol. The number of hydrogen-bond acceptors (Lipinski definition) is 4. The molecule has 0 radical (unpaired) electrons. The lowest BCUT2D eigenvalue weighted by molar-refractivity contribution is 0.0454. The number of carbonyl (C=O) groups is 2. The minimum Gasteiger partial charge on any atom is -0.486 e. The Morgan fingerprint density at radius 2 is 1.71 bits per heavy atom. The Bertz CT molecular complexity index is 1220. The molecule has 2 aliphatic rings. The van der Waals surface area contributed by atoms with E-state index in [4.69, 9.17) is 9.15 Å². The quantitative estimate of drug-likeness (QED) is 0.539. The van der Waals surface area contributed by atoms with Gasteiger partial charge in [0.1, 0.15) is 16.9 Å². The van der Waals surface area contributed by atoms with Gasteiger partial charge in [-0.25, -0.2) is 0 Å². The van der Waals surface area contributed by atoms with Crippen molar-refractivity contribution in [3.8, 4) is 5.75 Å². The van der Waals surface area contributed by atoms with Crippen molar-refractivity contribution in [2.75, 3.05) is 5.32 Å². The maximum Gasteiger partial charge on any atom is 0.291 e. The number of Topliss-reactive ketones (excluding diaryl/α,β-unsaturated/α-hetero) is 1. The average molecular weight is 418 g/mol. The molecular weight excluding hydrogens is 390 g/mol. The topological polar surface area (TPSA) is 68.5 Å². The van der Waals surface area contributed by atoms with Crippen molar-refractivity contribution in [2.24, 2.45) is 0 Å². The first-order chi connectivity index (χ1) is 14.8. The van der Waals surface area contributed by atoms with E-state index in [0.29, 0.717) is 34.3 Å². The minimum absolute atomic E-state index is 0.0785. The molecule has 0 atom stereocenters. The molecule has 5 nitrogen and oxygen atoms in total. The third-order valence-electron chi connectivity index (χ3n) is 6.78. The van der Waals surface area contributed by atoms with Gasteiger partial charge in [-0.1, -0.05) is 17.7 Å². The third kappa shape index (κ3) is 3.14. The van der Waals surface area contributed by atoms with E-state index in [1.807, 2.05) is 52.0 Å². The summed E-state index contributed by atoms with van der Waals surface area (Å²) in [5.74, 6) is 0.618. The predicted octanol–water partition coefficient (Wildman–Crippen LogP) is 6.20. The molecule has 160 valence electrons. The average Bonchev–Trinajstić information content (AvgIpc) is 3.29. The molecule has 1 aromatic heterocycles. The van der Waals surface area contributed by atoms with Crippen LogP contribution < -0.4 is 10.1 Å². The number of aryl methyl sites for hydroxylation is 4. The Kier molecular flexibility index (Phi) is 4.47. The van der Waals surface area contributed by atoms with E-state index >= 15 is 0 Å². The van der Waals surface area contributed by atoms with Gasteiger partial charge in [0, 0.05) is 16.6 Å². The molecule has 1 aliphatic heterocycles. The molecule has 1 spiro atoms. The summed E-state index contributed by atoms with van der Waals surface area (Å²) in [4.78, 5) is 26.3. The van der Waals surface area contributed by atoms with Crippen molar-refractivity contribution < 1.29 is 18.7 Å². The number of carbonyl (C=O) groups excluding carboxylic acids is 2. The third-order valence-corrected chi connectivity index (χ3v) is 6.78. The lowest BCUT2D eigenvalue weighted by atomic mass is 9.87. The molecule has 1 aliphatic carbocycles. The summed E-state index contributed by atoms with van der Waals surface area (Å²) in [6, 6.07) is 7.70. The number of rotatable bonds is 2. The van der Waals surface area contributed by atoms with Crippen LogP contribution in [-0.4, -0.2) is 17.3 Å². The second-order valence-corrected chi connectivity index (χ2v) is 9.19. The minimum atomic E-state index is -0.351. The molecule has 31 heavy (non-hydrogen) atoms. The number of hydrogen-bond donors (Lipinski definition) is 1. The van der Waals surface area contributed by atoms with Gasteiger partial charge in [0.2, 0.25) is 0 Å². The van der Waals surface area contributed by atoms with Crippen molar-refractivity contribution >= 4 is 28.3 Å². The second-order valence-electron chi connectivity index (χ2n) is 9.19. The molecule has 1 amide bonds. The Morgan fingerprint density at radius 3 is 2.39 bits per heavy atom. The Balaban J connectivity index is 1.55. The van der Waals surface area contributed by atoms with Crippen LogP contribution in [0.3, 0.4) is 0 Å². The van der Waals surface area contributed by atoms with Crippen LogP contribution in [0.15, 0.2) is 28.7 Å². The van der Waals surface area contributed by atoms with Gasteiger partial charge < -0.3 is 14.5 Å². The van der Waals surface area contributed by atoms with Crippen molar-refractivity contribution in [3.63, 3.8) is 0 Å². The van der Waals surface area contributed by atoms with Crippen molar-refractivity contribution in [3.05, 3.63) is 57.8 Å². The number of furan rings is 1. The zero-order chi connectivity index (χ0) is 21.9. The second kappa shape index (κ2) is 6.98. The first-order valence-electron chi connectivity index (χ1n) is 11.0. The van der Waals surface area contributed by atoms with E-state index < -0.39 is 0 Å². The number of anilines is 1. The summed E-state index contributed by atoms with van der Waals surface area (Å²) in [5.41, 5.74) is 5.36. The van der Waals surface area contributed by atoms with E-state index in [0.717, 1.165) is 48.1 Å². The van der Waals surface area contributed by atoms with Gasteiger partial charge in [0.05, 0.1) is 12.0 Å². The van der Waals surface area contributed by atoms with Crippen LogP contribution in [0.1, 0.15) is 75.3 Å². The normalized spacial score (nSPS) is 17.1. The molecule has 2 aromatic carbocycles. The fourth-order valence-corrected chi connectivity index (χ4v) is 5.40. The summed E-state index contributed by atoms with van der Waals surface area (Å²) in [6.45, 7) is 7.83. The summed E-state index contributed by atoms with van der Waals surface area (Å²) in [6.07, 6.45) is 4.43. The van der Waals surface area contributed by atoms with Crippen LogP contribution in [0.25, 0.3) is 11.0 Å². The zero-order valence-electron chi connectivity index (χ0n) is 18.5. The highest BCUT2D eigenvalue weighted by atomic mass is 16.5. The molecule has 1 fully saturated rings. The van der Waals surface area contributed by atoms with E-state index in [2.05, 4.69) is 5.32 Å². The molecular formula is C26H27NO4. The largest absolute Gasteiger partial charge is 0.486 e. The standard InChI is InChI=1S/C26H27NO4/c1-14-11-15(2)23(16(3)12-14)27-25(29)24-17(4)21-19(30-24)7-8-20-22(21)18(28)13-26(31-20)9-5-6-10-26/h7-8,11-12H,5-6,9-10,13H2,1-4H3,(H,27,29). The van der Waals surface area contributed by atoms with Gasteiger partial charge in [-0.3, -0.25) is 9.59 Å². The number of ether oxygens (including phenoxy) is 1. The smallest absolute Gasteiger partial charge is 0.291 e. The van der Waals surface area contributed by atoms with Crippen LogP contribution in [0.5, 0.6) is 5.75 Å². The first kappa shape index (κ1) is 19.9. The van der Waals surface area contributed by atoms with Crippen LogP contribution in [0, 0.1) is 27.7 Å². The van der Waals surface area contributed by atoms with Gasteiger partial charge in [0.25, 0.3) is 5.91 Å². The molecule has 2 heterocycles.